The van der Waals surface area contributed by atoms with Crippen LogP contribution >= 0.6 is 15.9 Å². The van der Waals surface area contributed by atoms with Gasteiger partial charge in [-0.3, -0.25) is 0 Å². The van der Waals surface area contributed by atoms with Gasteiger partial charge in [-0.1, -0.05) is 22.9 Å². The van der Waals surface area contributed by atoms with E-state index in [1.807, 2.05) is 12.1 Å². The fraction of sp³-hybridized carbons (Fsp3) is 0.538. The molecule has 0 saturated heterocycles. The maximum Gasteiger partial charge on any atom is 0.122 e. The molecular weight excluding hydrogens is 266 g/mol. The van der Waals surface area contributed by atoms with Crippen LogP contribution in [0.4, 0.5) is 0 Å². The summed E-state index contributed by atoms with van der Waals surface area (Å²) in [5, 5.41) is 0. The van der Waals surface area contributed by atoms with Crippen LogP contribution in [0.1, 0.15) is 25.3 Å². The summed E-state index contributed by atoms with van der Waals surface area (Å²) in [4.78, 5) is 0. The number of nitrogens with two attached hydrogens (primary N) is 1. The number of methoxy groups -OCH3 is 1. The van der Waals surface area contributed by atoms with Crippen LogP contribution in [0.5, 0.6) is 5.75 Å². The zero-order valence-corrected chi connectivity index (χ0v) is 11.4. The zero-order chi connectivity index (χ0) is 11.8. The minimum atomic E-state index is 0.232. The molecule has 1 aliphatic rings. The highest BCUT2D eigenvalue weighted by atomic mass is 79.9. The smallest absolute Gasteiger partial charge is 0.122 e. The van der Waals surface area contributed by atoms with Gasteiger partial charge in [0.05, 0.1) is 7.11 Å². The summed E-state index contributed by atoms with van der Waals surface area (Å²) < 4.78 is 6.44. The van der Waals surface area contributed by atoms with Gasteiger partial charge in [-0.2, -0.15) is 0 Å². The summed E-state index contributed by atoms with van der Waals surface area (Å²) >= 11 is 3.49. The first-order valence-electron chi connectivity index (χ1n) is 5.63. The number of hydrogen-bond acceptors (Lipinski definition) is 2. The van der Waals surface area contributed by atoms with E-state index in [2.05, 4.69) is 28.9 Å². The van der Waals surface area contributed by atoms with Gasteiger partial charge in [0.25, 0.3) is 0 Å². The molecule has 0 heterocycles. The van der Waals surface area contributed by atoms with Crippen molar-refractivity contribution >= 4 is 15.9 Å². The number of benzene rings is 1. The van der Waals surface area contributed by atoms with Crippen LogP contribution in [0, 0.1) is 5.41 Å². The van der Waals surface area contributed by atoms with E-state index in [1.165, 1.54) is 18.4 Å². The van der Waals surface area contributed by atoms with Gasteiger partial charge in [-0.05, 0) is 48.4 Å². The van der Waals surface area contributed by atoms with Crippen molar-refractivity contribution in [1.29, 1.82) is 0 Å². The second kappa shape index (κ2) is 4.38. The van der Waals surface area contributed by atoms with Gasteiger partial charge >= 0.3 is 0 Å². The Morgan fingerprint density at radius 2 is 2.19 bits per heavy atom. The maximum atomic E-state index is 6.25. The van der Waals surface area contributed by atoms with E-state index < -0.39 is 0 Å². The first-order chi connectivity index (χ1) is 7.55. The zero-order valence-electron chi connectivity index (χ0n) is 9.79. The molecule has 1 aromatic carbocycles. The first-order valence-corrected chi connectivity index (χ1v) is 6.42. The standard InChI is InChI=1S/C13H18BrNO/c1-13(5-6-13)12(15)8-9-7-10(14)3-4-11(9)16-2/h3-4,7,12H,5-6,8,15H2,1-2H3. The second-order valence-corrected chi connectivity index (χ2v) is 5.84. The van der Waals surface area contributed by atoms with E-state index in [-0.39, 0.29) is 6.04 Å². The molecule has 0 radical (unpaired) electrons. The third-order valence-corrected chi connectivity index (χ3v) is 4.11. The van der Waals surface area contributed by atoms with Crippen molar-refractivity contribution in [3.05, 3.63) is 28.2 Å². The molecule has 1 unspecified atom stereocenters. The quantitative estimate of drug-likeness (QED) is 0.922. The fourth-order valence-corrected chi connectivity index (χ4v) is 2.37. The van der Waals surface area contributed by atoms with E-state index in [9.17, 15) is 0 Å². The van der Waals surface area contributed by atoms with Crippen LogP contribution < -0.4 is 10.5 Å². The number of rotatable bonds is 4. The molecule has 2 N–H and O–H groups in total. The highest BCUT2D eigenvalue weighted by Gasteiger charge is 2.42. The molecule has 2 rings (SSSR count). The summed E-state index contributed by atoms with van der Waals surface area (Å²) in [6.07, 6.45) is 3.40. The van der Waals surface area contributed by atoms with Gasteiger partial charge in [0.2, 0.25) is 0 Å². The third kappa shape index (κ3) is 2.41. The summed E-state index contributed by atoms with van der Waals surface area (Å²) in [7, 11) is 1.71. The van der Waals surface area contributed by atoms with Crippen LogP contribution in [0.25, 0.3) is 0 Å². The SMILES string of the molecule is COc1ccc(Br)cc1CC(N)C1(C)CC1. The topological polar surface area (TPSA) is 35.2 Å². The molecule has 2 nitrogen and oxygen atoms in total. The Balaban J connectivity index is 2.16. The average Bonchev–Trinajstić information content (AvgIpc) is 2.98. The van der Waals surface area contributed by atoms with Gasteiger partial charge in [-0.25, -0.2) is 0 Å². The highest BCUT2D eigenvalue weighted by Crippen LogP contribution is 2.48. The molecule has 0 bridgehead atoms. The Hall–Kier alpha value is -0.540. The molecule has 0 spiro atoms. The predicted molar refractivity (Wildman–Crippen MR) is 69.7 cm³/mol. The lowest BCUT2D eigenvalue weighted by Crippen LogP contribution is -2.32. The number of hydrogen-bond donors (Lipinski definition) is 1. The van der Waals surface area contributed by atoms with Crippen LogP contribution in [-0.2, 0) is 6.42 Å². The van der Waals surface area contributed by atoms with E-state index in [0.717, 1.165) is 16.6 Å². The summed E-state index contributed by atoms with van der Waals surface area (Å²) in [6.45, 7) is 2.27. The molecule has 16 heavy (non-hydrogen) atoms. The minimum Gasteiger partial charge on any atom is -0.496 e. The monoisotopic (exact) mass is 283 g/mol. The van der Waals surface area contributed by atoms with E-state index in [1.54, 1.807) is 7.11 Å². The number of halogens is 1. The molecule has 1 atom stereocenters. The maximum absolute atomic E-state index is 6.25. The van der Waals surface area contributed by atoms with E-state index in [4.69, 9.17) is 10.5 Å². The van der Waals surface area contributed by atoms with Crippen molar-refractivity contribution in [3.8, 4) is 5.75 Å². The lowest BCUT2D eigenvalue weighted by molar-refractivity contribution is 0.394. The Kier molecular flexibility index (Phi) is 3.27. The van der Waals surface area contributed by atoms with Crippen molar-refractivity contribution in [2.75, 3.05) is 7.11 Å². The Bertz CT molecular complexity index is 388. The Morgan fingerprint density at radius 1 is 1.50 bits per heavy atom. The molecule has 88 valence electrons. The molecule has 1 aliphatic carbocycles. The van der Waals surface area contributed by atoms with Crippen LogP contribution in [0.2, 0.25) is 0 Å². The van der Waals surface area contributed by atoms with Gasteiger partial charge in [0, 0.05) is 10.5 Å². The van der Waals surface area contributed by atoms with Gasteiger partial charge < -0.3 is 10.5 Å². The summed E-state index contributed by atoms with van der Waals surface area (Å²) in [5.74, 6) is 0.933. The van der Waals surface area contributed by atoms with Crippen LogP contribution in [-0.4, -0.2) is 13.2 Å². The average molecular weight is 284 g/mol. The lowest BCUT2D eigenvalue weighted by atomic mass is 9.93. The Morgan fingerprint density at radius 3 is 2.75 bits per heavy atom. The molecular formula is C13H18BrNO. The second-order valence-electron chi connectivity index (χ2n) is 4.92. The molecule has 0 aliphatic heterocycles. The molecule has 0 amide bonds. The van der Waals surface area contributed by atoms with Gasteiger partial charge in [0.1, 0.15) is 5.75 Å². The first kappa shape index (κ1) is 11.9. The van der Waals surface area contributed by atoms with Crippen molar-refractivity contribution in [2.24, 2.45) is 11.1 Å². The largest absolute Gasteiger partial charge is 0.496 e. The lowest BCUT2D eigenvalue weighted by Gasteiger charge is -2.20. The van der Waals surface area contributed by atoms with Crippen molar-refractivity contribution < 1.29 is 4.74 Å². The molecule has 1 aromatic rings. The minimum absolute atomic E-state index is 0.232. The van der Waals surface area contributed by atoms with Gasteiger partial charge in [-0.15, -0.1) is 0 Å². The predicted octanol–water partition coefficient (Wildman–Crippen LogP) is 3.13. The summed E-state index contributed by atoms with van der Waals surface area (Å²) in [5.41, 5.74) is 7.79. The molecule has 0 aromatic heterocycles. The number of ether oxygens (including phenoxy) is 1. The van der Waals surface area contributed by atoms with E-state index >= 15 is 0 Å². The van der Waals surface area contributed by atoms with Crippen molar-refractivity contribution in [1.82, 2.24) is 0 Å². The van der Waals surface area contributed by atoms with Crippen LogP contribution in [0.3, 0.4) is 0 Å². The van der Waals surface area contributed by atoms with Crippen molar-refractivity contribution in [2.45, 2.75) is 32.2 Å². The normalized spacial score (nSPS) is 19.2. The van der Waals surface area contributed by atoms with E-state index in [0.29, 0.717) is 5.41 Å². The molecule has 1 saturated carbocycles. The van der Waals surface area contributed by atoms with Gasteiger partial charge in [0.15, 0.2) is 0 Å². The molecule has 1 fully saturated rings. The Labute approximate surface area is 105 Å². The fourth-order valence-electron chi connectivity index (χ4n) is 1.96. The van der Waals surface area contributed by atoms with Crippen molar-refractivity contribution in [3.63, 3.8) is 0 Å². The molecule has 3 heteroatoms. The van der Waals surface area contributed by atoms with Crippen LogP contribution in [0.15, 0.2) is 22.7 Å². The summed E-state index contributed by atoms with van der Waals surface area (Å²) in [6, 6.07) is 6.31. The third-order valence-electron chi connectivity index (χ3n) is 3.62. The highest BCUT2D eigenvalue weighted by molar-refractivity contribution is 9.10.